The summed E-state index contributed by atoms with van der Waals surface area (Å²) in [5.74, 6) is -2.50. The van der Waals surface area contributed by atoms with Crippen LogP contribution in [0.1, 0.15) is 37.6 Å². The first-order valence-electron chi connectivity index (χ1n) is 10.8. The van der Waals surface area contributed by atoms with Crippen LogP contribution in [-0.4, -0.2) is 28.9 Å². The molecule has 3 rings (SSSR count). The Morgan fingerprint density at radius 2 is 1.76 bits per heavy atom. The molecule has 2 aromatic carbocycles. The van der Waals surface area contributed by atoms with Crippen LogP contribution in [0.3, 0.4) is 0 Å². The summed E-state index contributed by atoms with van der Waals surface area (Å²) in [6.07, 6.45) is -0.149. The molecule has 1 heterocycles. The Kier molecular flexibility index (Phi) is 8.46. The van der Waals surface area contributed by atoms with Crippen molar-refractivity contribution in [2.75, 3.05) is 5.32 Å². The van der Waals surface area contributed by atoms with E-state index in [0.717, 1.165) is 39.9 Å². The highest BCUT2D eigenvalue weighted by atomic mass is 32.1. The van der Waals surface area contributed by atoms with Crippen molar-refractivity contribution in [2.45, 2.75) is 52.9 Å². The van der Waals surface area contributed by atoms with Gasteiger partial charge in [-0.05, 0) is 56.5 Å². The lowest BCUT2D eigenvalue weighted by Gasteiger charge is -2.13. The molecule has 9 heteroatoms. The molecule has 6 nitrogen and oxygen atoms in total. The van der Waals surface area contributed by atoms with E-state index in [1.807, 2.05) is 45.0 Å². The average Bonchev–Trinajstić information content (AvgIpc) is 3.11. The molecular formula is C25H27F2N3O3S. The van der Waals surface area contributed by atoms with Gasteiger partial charge >= 0.3 is 0 Å². The zero-order valence-corrected chi connectivity index (χ0v) is 20.3. The number of hydrogen-bond donors (Lipinski definition) is 2. The number of benzene rings is 2. The van der Waals surface area contributed by atoms with Gasteiger partial charge in [0.1, 0.15) is 17.7 Å². The number of anilines is 1. The summed E-state index contributed by atoms with van der Waals surface area (Å²) in [6, 6.07) is 9.90. The van der Waals surface area contributed by atoms with E-state index in [2.05, 4.69) is 15.6 Å². The SMILES string of the molecule is Cc1nc(NC(=O)[C@H](C)NC(=O)Cc2cc(F)cc(F)c2)sc1-c1ccccc1COC(C)C. The van der Waals surface area contributed by atoms with Crippen molar-refractivity contribution in [1.82, 2.24) is 10.3 Å². The van der Waals surface area contributed by atoms with E-state index < -0.39 is 29.5 Å². The smallest absolute Gasteiger partial charge is 0.248 e. The number of nitrogens with zero attached hydrogens (tertiary/aromatic N) is 1. The zero-order valence-electron chi connectivity index (χ0n) is 19.4. The molecule has 3 aromatic rings. The van der Waals surface area contributed by atoms with Crippen molar-refractivity contribution in [2.24, 2.45) is 0 Å². The Bertz CT molecular complexity index is 1160. The molecule has 0 aliphatic carbocycles. The first-order valence-corrected chi connectivity index (χ1v) is 11.7. The Morgan fingerprint density at radius 3 is 2.44 bits per heavy atom. The molecule has 0 aliphatic rings. The highest BCUT2D eigenvalue weighted by Gasteiger charge is 2.20. The van der Waals surface area contributed by atoms with Crippen LogP contribution in [0.15, 0.2) is 42.5 Å². The van der Waals surface area contributed by atoms with Gasteiger partial charge in [-0.2, -0.15) is 0 Å². The van der Waals surface area contributed by atoms with Gasteiger partial charge in [-0.25, -0.2) is 13.8 Å². The highest BCUT2D eigenvalue weighted by Crippen LogP contribution is 2.35. The fraction of sp³-hybridized carbons (Fsp3) is 0.320. The van der Waals surface area contributed by atoms with E-state index in [9.17, 15) is 18.4 Å². The van der Waals surface area contributed by atoms with Gasteiger partial charge < -0.3 is 15.4 Å². The number of carbonyl (C=O) groups excluding carboxylic acids is 2. The largest absolute Gasteiger partial charge is 0.374 e. The second-order valence-electron chi connectivity index (χ2n) is 8.18. The van der Waals surface area contributed by atoms with E-state index in [1.54, 1.807) is 0 Å². The quantitative estimate of drug-likeness (QED) is 0.445. The molecule has 0 saturated carbocycles. The van der Waals surface area contributed by atoms with Crippen LogP contribution < -0.4 is 10.6 Å². The van der Waals surface area contributed by atoms with Gasteiger partial charge in [-0.1, -0.05) is 35.6 Å². The van der Waals surface area contributed by atoms with Gasteiger partial charge in [-0.15, -0.1) is 0 Å². The lowest BCUT2D eigenvalue weighted by Crippen LogP contribution is -2.42. The van der Waals surface area contributed by atoms with Crippen molar-refractivity contribution in [1.29, 1.82) is 0 Å². The molecule has 0 radical (unpaired) electrons. The van der Waals surface area contributed by atoms with Crippen LogP contribution in [0.5, 0.6) is 0 Å². The molecule has 1 aromatic heterocycles. The maximum atomic E-state index is 13.3. The lowest BCUT2D eigenvalue weighted by molar-refractivity contribution is -0.125. The summed E-state index contributed by atoms with van der Waals surface area (Å²) >= 11 is 1.34. The van der Waals surface area contributed by atoms with Gasteiger partial charge in [0.05, 0.1) is 29.7 Å². The van der Waals surface area contributed by atoms with Gasteiger partial charge in [0.15, 0.2) is 5.13 Å². The summed E-state index contributed by atoms with van der Waals surface area (Å²) in [5, 5.41) is 5.68. The van der Waals surface area contributed by atoms with Crippen molar-refractivity contribution in [3.05, 3.63) is 70.9 Å². The molecule has 0 fully saturated rings. The molecule has 0 aliphatic heterocycles. The van der Waals surface area contributed by atoms with Crippen LogP contribution in [0.25, 0.3) is 10.4 Å². The number of nitrogens with one attached hydrogen (secondary N) is 2. The molecular weight excluding hydrogens is 460 g/mol. The lowest BCUT2D eigenvalue weighted by atomic mass is 10.1. The van der Waals surface area contributed by atoms with Gasteiger partial charge in [-0.3, -0.25) is 9.59 Å². The van der Waals surface area contributed by atoms with Crippen LogP contribution in [0.4, 0.5) is 13.9 Å². The van der Waals surface area contributed by atoms with Crippen molar-refractivity contribution in [3.63, 3.8) is 0 Å². The summed E-state index contributed by atoms with van der Waals surface area (Å²) in [4.78, 5) is 30.2. The summed E-state index contributed by atoms with van der Waals surface area (Å²) in [5.41, 5.74) is 2.96. The number of aryl methyl sites for hydroxylation is 1. The number of ether oxygens (including phenoxy) is 1. The predicted molar refractivity (Wildman–Crippen MR) is 129 cm³/mol. The monoisotopic (exact) mass is 487 g/mol. The Hall–Kier alpha value is -3.17. The number of hydrogen-bond acceptors (Lipinski definition) is 5. The maximum absolute atomic E-state index is 13.3. The summed E-state index contributed by atoms with van der Waals surface area (Å²) in [7, 11) is 0. The fourth-order valence-corrected chi connectivity index (χ4v) is 4.32. The fourth-order valence-electron chi connectivity index (χ4n) is 3.29. The van der Waals surface area contributed by atoms with Gasteiger partial charge in [0.2, 0.25) is 11.8 Å². The molecule has 2 N–H and O–H groups in total. The van der Waals surface area contributed by atoms with Crippen LogP contribution in [0.2, 0.25) is 0 Å². The topological polar surface area (TPSA) is 80.3 Å². The molecule has 0 unspecified atom stereocenters. The zero-order chi connectivity index (χ0) is 24.8. The second-order valence-corrected chi connectivity index (χ2v) is 9.18. The summed E-state index contributed by atoms with van der Waals surface area (Å²) in [6.45, 7) is 7.81. The Labute approximate surface area is 201 Å². The third kappa shape index (κ3) is 6.91. The number of amides is 2. The molecule has 2 amide bonds. The third-order valence-electron chi connectivity index (χ3n) is 4.92. The van der Waals surface area contributed by atoms with Crippen LogP contribution in [0, 0.1) is 18.6 Å². The molecule has 34 heavy (non-hydrogen) atoms. The van der Waals surface area contributed by atoms with Crippen molar-refractivity contribution < 1.29 is 23.1 Å². The minimum absolute atomic E-state index is 0.0992. The third-order valence-corrected chi connectivity index (χ3v) is 6.02. The van der Waals surface area contributed by atoms with Crippen molar-refractivity contribution >= 4 is 28.3 Å². The first kappa shape index (κ1) is 25.5. The highest BCUT2D eigenvalue weighted by molar-refractivity contribution is 7.19. The van der Waals surface area contributed by atoms with Crippen LogP contribution >= 0.6 is 11.3 Å². The standard InChI is InChI=1S/C25H27F2N3O3S/c1-14(2)33-13-18-7-5-6-8-21(18)23-15(3)29-25(34-23)30-24(32)16(4)28-22(31)11-17-9-19(26)12-20(27)10-17/h5-10,12,14,16H,11,13H2,1-4H3,(H,28,31)(H,29,30,32)/t16-/m0/s1. The van der Waals surface area contributed by atoms with E-state index in [1.165, 1.54) is 18.3 Å². The van der Waals surface area contributed by atoms with E-state index in [0.29, 0.717) is 11.7 Å². The number of thiazole rings is 1. The van der Waals surface area contributed by atoms with E-state index in [-0.39, 0.29) is 18.1 Å². The molecule has 180 valence electrons. The van der Waals surface area contributed by atoms with E-state index in [4.69, 9.17) is 4.74 Å². The number of rotatable bonds is 9. The first-order chi connectivity index (χ1) is 16.1. The molecule has 0 bridgehead atoms. The number of carbonyl (C=O) groups is 2. The second kappa shape index (κ2) is 11.3. The van der Waals surface area contributed by atoms with Crippen LogP contribution in [-0.2, 0) is 27.4 Å². The predicted octanol–water partition coefficient (Wildman–Crippen LogP) is 5.01. The minimum Gasteiger partial charge on any atom is -0.374 e. The minimum atomic E-state index is -0.870. The number of aromatic nitrogens is 1. The Morgan fingerprint density at radius 1 is 1.09 bits per heavy atom. The van der Waals surface area contributed by atoms with E-state index >= 15 is 0 Å². The average molecular weight is 488 g/mol. The van der Waals surface area contributed by atoms with Gasteiger partial charge in [0.25, 0.3) is 0 Å². The molecule has 1 atom stereocenters. The van der Waals surface area contributed by atoms with Gasteiger partial charge in [0, 0.05) is 6.07 Å². The Balaban J connectivity index is 1.65. The summed E-state index contributed by atoms with van der Waals surface area (Å²) < 4.78 is 32.4. The molecule has 0 saturated heterocycles. The molecule has 0 spiro atoms. The maximum Gasteiger partial charge on any atom is 0.248 e. The normalized spacial score (nSPS) is 12.0. The number of halogens is 2. The van der Waals surface area contributed by atoms with Crippen molar-refractivity contribution in [3.8, 4) is 10.4 Å².